The predicted molar refractivity (Wildman–Crippen MR) is 64.9 cm³/mol. The molecule has 1 aromatic rings. The summed E-state index contributed by atoms with van der Waals surface area (Å²) in [4.78, 5) is 21.6. The van der Waals surface area contributed by atoms with Gasteiger partial charge in [-0.15, -0.1) is 0 Å². The minimum Gasteiger partial charge on any atom is -0.427 e. The molecule has 1 aliphatic rings. The van der Waals surface area contributed by atoms with Crippen LogP contribution in [0.1, 0.15) is 24.5 Å². The van der Waals surface area contributed by atoms with Crippen LogP contribution in [-0.2, 0) is 16.0 Å². The van der Waals surface area contributed by atoms with E-state index in [2.05, 4.69) is 0 Å². The first-order valence-electron chi connectivity index (χ1n) is 5.27. The number of rotatable bonds is 2. The Kier molecular flexibility index (Phi) is 3.29. The van der Waals surface area contributed by atoms with Gasteiger partial charge in [0.05, 0.1) is 5.03 Å². The van der Waals surface area contributed by atoms with E-state index in [0.29, 0.717) is 22.8 Å². The number of fused-ring (bicyclic) bond motifs is 1. The van der Waals surface area contributed by atoms with Gasteiger partial charge in [-0.25, -0.2) is 0 Å². The lowest BCUT2D eigenvalue weighted by atomic mass is 9.92. The first-order valence-corrected chi connectivity index (χ1v) is 5.65. The number of esters is 1. The van der Waals surface area contributed by atoms with Gasteiger partial charge in [0.15, 0.2) is 0 Å². The third-order valence-corrected chi connectivity index (χ3v) is 3.11. The molecule has 1 aliphatic carbocycles. The molecule has 0 amide bonds. The van der Waals surface area contributed by atoms with Crippen molar-refractivity contribution in [2.75, 3.05) is 0 Å². The van der Waals surface area contributed by atoms with Crippen LogP contribution in [0.2, 0.25) is 0 Å². The average molecular weight is 251 g/mol. The van der Waals surface area contributed by atoms with Crippen molar-refractivity contribution in [1.29, 1.82) is 0 Å². The van der Waals surface area contributed by atoms with E-state index in [0.717, 1.165) is 23.8 Å². The standard InChI is InChI=1S/C13H11ClO3/c1-8(16)17-11-4-5-12-9(6-11)2-3-10(7-15)13(12)14/h4-7H,2-3H2,1H3. The molecule has 0 saturated heterocycles. The van der Waals surface area contributed by atoms with E-state index in [1.165, 1.54) is 6.92 Å². The molecule has 0 unspecified atom stereocenters. The summed E-state index contributed by atoms with van der Waals surface area (Å²) in [7, 11) is 0. The van der Waals surface area contributed by atoms with Gasteiger partial charge >= 0.3 is 5.97 Å². The molecule has 2 rings (SSSR count). The third kappa shape index (κ3) is 2.39. The zero-order valence-corrected chi connectivity index (χ0v) is 10.1. The van der Waals surface area contributed by atoms with Crippen LogP contribution < -0.4 is 4.74 Å². The Morgan fingerprint density at radius 3 is 2.82 bits per heavy atom. The lowest BCUT2D eigenvalue weighted by Crippen LogP contribution is -2.06. The summed E-state index contributed by atoms with van der Waals surface area (Å²) in [6.07, 6.45) is 2.15. The molecule has 0 heterocycles. The SMILES string of the molecule is CC(=O)Oc1ccc2c(c1)CCC(C=O)=C2Cl. The maximum atomic E-state index is 10.8. The highest BCUT2D eigenvalue weighted by atomic mass is 35.5. The fourth-order valence-electron chi connectivity index (χ4n) is 1.88. The van der Waals surface area contributed by atoms with Crippen molar-refractivity contribution < 1.29 is 14.3 Å². The summed E-state index contributed by atoms with van der Waals surface area (Å²) in [5, 5.41) is 0.496. The van der Waals surface area contributed by atoms with Gasteiger partial charge in [0.25, 0.3) is 0 Å². The van der Waals surface area contributed by atoms with Crippen molar-refractivity contribution in [2.24, 2.45) is 0 Å². The molecule has 0 N–H and O–H groups in total. The number of benzene rings is 1. The number of carbonyl (C=O) groups is 2. The molecular formula is C13H11ClO3. The molecular weight excluding hydrogens is 240 g/mol. The quantitative estimate of drug-likeness (QED) is 0.460. The van der Waals surface area contributed by atoms with Crippen molar-refractivity contribution in [3.05, 3.63) is 34.9 Å². The van der Waals surface area contributed by atoms with Crippen LogP contribution in [0, 0.1) is 0 Å². The maximum absolute atomic E-state index is 10.8. The Morgan fingerprint density at radius 2 is 2.18 bits per heavy atom. The second kappa shape index (κ2) is 4.72. The van der Waals surface area contributed by atoms with Gasteiger partial charge in [-0.1, -0.05) is 11.6 Å². The Balaban J connectivity index is 2.40. The zero-order valence-electron chi connectivity index (χ0n) is 9.33. The van der Waals surface area contributed by atoms with Gasteiger partial charge < -0.3 is 4.74 Å². The van der Waals surface area contributed by atoms with E-state index >= 15 is 0 Å². The lowest BCUT2D eigenvalue weighted by Gasteiger charge is -2.17. The summed E-state index contributed by atoms with van der Waals surface area (Å²) in [5.74, 6) is 0.159. The smallest absolute Gasteiger partial charge is 0.308 e. The Hall–Kier alpha value is -1.61. The molecule has 4 heteroatoms. The minimum atomic E-state index is -0.351. The number of allylic oxidation sites excluding steroid dienone is 1. The topological polar surface area (TPSA) is 43.4 Å². The van der Waals surface area contributed by atoms with Crippen molar-refractivity contribution in [2.45, 2.75) is 19.8 Å². The van der Waals surface area contributed by atoms with E-state index < -0.39 is 0 Å². The molecule has 0 saturated carbocycles. The molecule has 0 radical (unpaired) electrons. The van der Waals surface area contributed by atoms with Crippen LogP contribution in [0.15, 0.2) is 23.8 Å². The van der Waals surface area contributed by atoms with Gasteiger partial charge in [-0.3, -0.25) is 9.59 Å². The van der Waals surface area contributed by atoms with Gasteiger partial charge in [0.1, 0.15) is 12.0 Å². The summed E-state index contributed by atoms with van der Waals surface area (Å²) < 4.78 is 5.00. The minimum absolute atomic E-state index is 0.351. The predicted octanol–water partition coefficient (Wildman–Crippen LogP) is 2.71. The van der Waals surface area contributed by atoms with E-state index in [4.69, 9.17) is 16.3 Å². The van der Waals surface area contributed by atoms with E-state index in [9.17, 15) is 9.59 Å². The molecule has 0 fully saturated rings. The molecule has 0 atom stereocenters. The van der Waals surface area contributed by atoms with Crippen LogP contribution in [0.5, 0.6) is 5.75 Å². The zero-order chi connectivity index (χ0) is 12.4. The second-order valence-electron chi connectivity index (χ2n) is 3.87. The van der Waals surface area contributed by atoms with E-state index in [-0.39, 0.29) is 5.97 Å². The highest BCUT2D eigenvalue weighted by molar-refractivity contribution is 6.50. The lowest BCUT2D eigenvalue weighted by molar-refractivity contribution is -0.131. The monoisotopic (exact) mass is 250 g/mol. The summed E-state index contributed by atoms with van der Waals surface area (Å²) >= 11 is 6.11. The van der Waals surface area contributed by atoms with Crippen LogP contribution >= 0.6 is 11.6 Å². The van der Waals surface area contributed by atoms with Crippen molar-refractivity contribution in [3.63, 3.8) is 0 Å². The van der Waals surface area contributed by atoms with Crippen LogP contribution in [0.4, 0.5) is 0 Å². The van der Waals surface area contributed by atoms with Crippen LogP contribution in [0.25, 0.3) is 5.03 Å². The van der Waals surface area contributed by atoms with Crippen LogP contribution in [-0.4, -0.2) is 12.3 Å². The second-order valence-corrected chi connectivity index (χ2v) is 4.25. The Bertz CT molecular complexity index is 517. The molecule has 3 nitrogen and oxygen atoms in total. The van der Waals surface area contributed by atoms with Gasteiger partial charge in [-0.2, -0.15) is 0 Å². The van der Waals surface area contributed by atoms with Crippen molar-refractivity contribution in [3.8, 4) is 5.75 Å². The molecule has 88 valence electrons. The third-order valence-electron chi connectivity index (χ3n) is 2.66. The number of hydrogen-bond acceptors (Lipinski definition) is 3. The molecule has 17 heavy (non-hydrogen) atoms. The van der Waals surface area contributed by atoms with Crippen molar-refractivity contribution in [1.82, 2.24) is 0 Å². The van der Waals surface area contributed by atoms with Crippen molar-refractivity contribution >= 4 is 28.9 Å². The summed E-state index contributed by atoms with van der Waals surface area (Å²) in [5.41, 5.74) is 2.47. The van der Waals surface area contributed by atoms with E-state index in [1.807, 2.05) is 0 Å². The molecule has 1 aromatic carbocycles. The first kappa shape index (κ1) is 11.9. The van der Waals surface area contributed by atoms with Crippen LogP contribution in [0.3, 0.4) is 0 Å². The molecule has 0 bridgehead atoms. The highest BCUT2D eigenvalue weighted by Crippen LogP contribution is 2.35. The maximum Gasteiger partial charge on any atom is 0.308 e. The summed E-state index contributed by atoms with van der Waals surface area (Å²) in [6, 6.07) is 5.25. The van der Waals surface area contributed by atoms with Gasteiger partial charge in [-0.05, 0) is 42.2 Å². The fourth-order valence-corrected chi connectivity index (χ4v) is 2.21. The highest BCUT2D eigenvalue weighted by Gasteiger charge is 2.17. The number of ether oxygens (including phenoxy) is 1. The molecule has 0 aliphatic heterocycles. The largest absolute Gasteiger partial charge is 0.427 e. The van der Waals surface area contributed by atoms with Gasteiger partial charge in [0, 0.05) is 12.5 Å². The number of carbonyl (C=O) groups excluding carboxylic acids is 2. The van der Waals surface area contributed by atoms with Gasteiger partial charge in [0.2, 0.25) is 0 Å². The summed E-state index contributed by atoms with van der Waals surface area (Å²) in [6.45, 7) is 1.36. The number of halogens is 1. The number of aryl methyl sites for hydroxylation is 1. The fraction of sp³-hybridized carbons (Fsp3) is 0.231. The number of aldehydes is 1. The number of hydrogen-bond donors (Lipinski definition) is 0. The normalized spacial score (nSPS) is 14.2. The Labute approximate surface area is 104 Å². The van der Waals surface area contributed by atoms with E-state index in [1.54, 1.807) is 18.2 Å². The average Bonchev–Trinajstić information content (AvgIpc) is 2.28. The molecule has 0 aromatic heterocycles. The Morgan fingerprint density at radius 1 is 1.41 bits per heavy atom. The first-order chi connectivity index (χ1) is 8.11. The molecule has 0 spiro atoms.